The smallest absolute Gasteiger partial charge is 0.160 e. The number of benzene rings is 1. The van der Waals surface area contributed by atoms with Crippen LogP contribution in [0.5, 0.6) is 0 Å². The van der Waals surface area contributed by atoms with E-state index in [1.54, 1.807) is 17.5 Å². The van der Waals surface area contributed by atoms with E-state index >= 15 is 0 Å². The van der Waals surface area contributed by atoms with Crippen molar-refractivity contribution in [3.63, 3.8) is 0 Å². The van der Waals surface area contributed by atoms with Crippen LogP contribution in [-0.4, -0.2) is 25.1 Å². The molecule has 2 N–H and O–H groups in total. The summed E-state index contributed by atoms with van der Waals surface area (Å²) in [6.45, 7) is 0.641. The van der Waals surface area contributed by atoms with Crippen LogP contribution in [0.15, 0.2) is 43.0 Å². The van der Waals surface area contributed by atoms with E-state index in [0.29, 0.717) is 12.2 Å². The van der Waals surface area contributed by atoms with Gasteiger partial charge in [-0.3, -0.25) is 5.10 Å². The zero-order valence-electron chi connectivity index (χ0n) is 11.8. The topological polar surface area (TPSA) is 79.4 Å². The molecule has 0 spiro atoms. The van der Waals surface area contributed by atoms with Crippen molar-refractivity contribution in [3.8, 4) is 10.6 Å². The Hall–Kier alpha value is -2.51. The number of halogens is 1. The molecule has 0 saturated heterocycles. The third-order valence-electron chi connectivity index (χ3n) is 3.32. The maximum Gasteiger partial charge on any atom is 0.160 e. The van der Waals surface area contributed by atoms with Gasteiger partial charge in [0.05, 0.1) is 18.1 Å². The van der Waals surface area contributed by atoms with Gasteiger partial charge in [-0.1, -0.05) is 23.7 Å². The fourth-order valence-electron chi connectivity index (χ4n) is 2.19. The second-order valence-corrected chi connectivity index (χ2v) is 6.40. The van der Waals surface area contributed by atoms with Crippen LogP contribution in [0, 0.1) is 0 Å². The molecule has 3 heterocycles. The highest BCUT2D eigenvalue weighted by atomic mass is 35.5. The normalized spacial score (nSPS) is 11.0. The van der Waals surface area contributed by atoms with Gasteiger partial charge in [0.1, 0.15) is 17.2 Å². The molecule has 4 rings (SSSR count). The van der Waals surface area contributed by atoms with Gasteiger partial charge in [-0.05, 0) is 12.1 Å². The van der Waals surface area contributed by atoms with Crippen molar-refractivity contribution in [2.24, 2.45) is 0 Å². The first-order valence-corrected chi connectivity index (χ1v) is 8.07. The van der Waals surface area contributed by atoms with Gasteiger partial charge >= 0.3 is 0 Å². The minimum absolute atomic E-state index is 0.641. The number of nitrogens with zero attached hydrogens (tertiary/aromatic N) is 4. The van der Waals surface area contributed by atoms with Gasteiger partial charge in [0.2, 0.25) is 0 Å². The van der Waals surface area contributed by atoms with E-state index in [2.05, 4.69) is 30.5 Å². The Bertz CT molecular complexity index is 946. The molecule has 6 nitrogen and oxygen atoms in total. The lowest BCUT2D eigenvalue weighted by Gasteiger charge is -2.03. The van der Waals surface area contributed by atoms with Crippen LogP contribution in [0.25, 0.3) is 21.6 Å². The van der Waals surface area contributed by atoms with Crippen molar-refractivity contribution < 1.29 is 0 Å². The quantitative estimate of drug-likeness (QED) is 0.590. The first-order valence-electron chi connectivity index (χ1n) is 6.88. The Labute approximate surface area is 140 Å². The van der Waals surface area contributed by atoms with Gasteiger partial charge in [0, 0.05) is 21.7 Å². The third-order valence-corrected chi connectivity index (χ3v) is 4.62. The maximum atomic E-state index is 5.91. The number of aromatic nitrogens is 5. The number of anilines is 1. The summed E-state index contributed by atoms with van der Waals surface area (Å²) in [7, 11) is 0. The molecule has 0 atom stereocenters. The number of hydrogen-bond acceptors (Lipinski definition) is 6. The van der Waals surface area contributed by atoms with E-state index in [-0.39, 0.29) is 0 Å². The lowest BCUT2D eigenvalue weighted by Crippen LogP contribution is -2.00. The minimum Gasteiger partial charge on any atom is -0.364 e. The van der Waals surface area contributed by atoms with E-state index in [1.807, 2.05) is 30.5 Å². The standard InChI is InChI=1S/C15H11ClN6S/c16-10-3-1-9(2-4-10)15-18-6-11(23-15)5-17-13-12-7-21-22-14(12)20-8-19-13/h1-4,6-8H,5H2,(H2,17,19,20,21,22). The molecule has 23 heavy (non-hydrogen) atoms. The van der Waals surface area contributed by atoms with Gasteiger partial charge in [0.25, 0.3) is 0 Å². The second-order valence-electron chi connectivity index (χ2n) is 4.85. The van der Waals surface area contributed by atoms with Crippen LogP contribution in [0.2, 0.25) is 5.02 Å². The van der Waals surface area contributed by atoms with E-state index < -0.39 is 0 Å². The zero-order chi connectivity index (χ0) is 15.6. The second kappa shape index (κ2) is 5.94. The first-order chi connectivity index (χ1) is 11.3. The molecule has 0 unspecified atom stereocenters. The van der Waals surface area contributed by atoms with Crippen molar-refractivity contribution >= 4 is 39.8 Å². The Kier molecular flexibility index (Phi) is 3.64. The van der Waals surface area contributed by atoms with Gasteiger partial charge in [-0.15, -0.1) is 11.3 Å². The summed E-state index contributed by atoms with van der Waals surface area (Å²) in [5.41, 5.74) is 1.78. The number of hydrogen-bond donors (Lipinski definition) is 2. The molecule has 0 fully saturated rings. The molecule has 8 heteroatoms. The fourth-order valence-corrected chi connectivity index (χ4v) is 3.18. The van der Waals surface area contributed by atoms with Crippen LogP contribution < -0.4 is 5.32 Å². The SMILES string of the molecule is Clc1ccc(-c2ncc(CNc3ncnc4[nH]ncc34)s2)cc1. The predicted molar refractivity (Wildman–Crippen MR) is 91.6 cm³/mol. The molecule has 1 aromatic carbocycles. The molecule has 0 saturated carbocycles. The van der Waals surface area contributed by atoms with Gasteiger partial charge < -0.3 is 5.32 Å². The van der Waals surface area contributed by atoms with Crippen LogP contribution in [0.4, 0.5) is 5.82 Å². The molecule has 0 aliphatic rings. The molecular weight excluding hydrogens is 332 g/mol. The summed E-state index contributed by atoms with van der Waals surface area (Å²) < 4.78 is 0. The van der Waals surface area contributed by atoms with E-state index in [9.17, 15) is 0 Å². The molecule has 0 aliphatic heterocycles. The molecule has 0 radical (unpaired) electrons. The third kappa shape index (κ3) is 2.88. The summed E-state index contributed by atoms with van der Waals surface area (Å²) in [4.78, 5) is 14.0. The van der Waals surface area contributed by atoms with Crippen LogP contribution >= 0.6 is 22.9 Å². The first kappa shape index (κ1) is 14.1. The predicted octanol–water partition coefficient (Wildman–Crippen LogP) is 3.74. The zero-order valence-corrected chi connectivity index (χ0v) is 13.4. The molecule has 0 aliphatic carbocycles. The highest BCUT2D eigenvalue weighted by molar-refractivity contribution is 7.15. The average molecular weight is 343 g/mol. The van der Waals surface area contributed by atoms with Crippen molar-refractivity contribution in [3.05, 3.63) is 52.9 Å². The molecule has 114 valence electrons. The Balaban J connectivity index is 1.52. The molecular formula is C15H11ClN6S. The van der Waals surface area contributed by atoms with Crippen LogP contribution in [0.1, 0.15) is 4.88 Å². The van der Waals surface area contributed by atoms with Gasteiger partial charge in [0.15, 0.2) is 5.65 Å². The monoisotopic (exact) mass is 342 g/mol. The van der Waals surface area contributed by atoms with E-state index in [1.165, 1.54) is 6.33 Å². The lowest BCUT2D eigenvalue weighted by atomic mass is 10.2. The minimum atomic E-state index is 0.641. The Morgan fingerprint density at radius 1 is 1.09 bits per heavy atom. The number of aromatic amines is 1. The summed E-state index contributed by atoms with van der Waals surface area (Å²) >= 11 is 7.55. The van der Waals surface area contributed by atoms with Crippen LogP contribution in [-0.2, 0) is 6.54 Å². The fraction of sp³-hybridized carbons (Fsp3) is 0.0667. The van der Waals surface area contributed by atoms with Crippen molar-refractivity contribution in [1.82, 2.24) is 25.1 Å². The van der Waals surface area contributed by atoms with Crippen LogP contribution in [0.3, 0.4) is 0 Å². The summed E-state index contributed by atoms with van der Waals surface area (Å²) in [5.74, 6) is 0.755. The molecule has 4 aromatic rings. The number of nitrogens with one attached hydrogen (secondary N) is 2. The molecule has 3 aromatic heterocycles. The maximum absolute atomic E-state index is 5.91. The van der Waals surface area contributed by atoms with Crippen molar-refractivity contribution in [2.45, 2.75) is 6.54 Å². The number of fused-ring (bicyclic) bond motifs is 1. The van der Waals surface area contributed by atoms with Gasteiger partial charge in [-0.25, -0.2) is 15.0 Å². The van der Waals surface area contributed by atoms with E-state index in [0.717, 1.165) is 31.7 Å². The largest absolute Gasteiger partial charge is 0.364 e. The summed E-state index contributed by atoms with van der Waals surface area (Å²) in [5, 5.41) is 12.7. The molecule has 0 amide bonds. The Morgan fingerprint density at radius 3 is 2.83 bits per heavy atom. The van der Waals surface area contributed by atoms with Crippen molar-refractivity contribution in [1.29, 1.82) is 0 Å². The summed E-state index contributed by atoms with van der Waals surface area (Å²) in [6, 6.07) is 7.68. The van der Waals surface area contributed by atoms with E-state index in [4.69, 9.17) is 11.6 Å². The average Bonchev–Trinajstić information content (AvgIpc) is 3.23. The summed E-state index contributed by atoms with van der Waals surface area (Å²) in [6.07, 6.45) is 5.09. The highest BCUT2D eigenvalue weighted by Gasteiger charge is 2.08. The highest BCUT2D eigenvalue weighted by Crippen LogP contribution is 2.27. The lowest BCUT2D eigenvalue weighted by molar-refractivity contribution is 1.08. The molecule has 0 bridgehead atoms. The van der Waals surface area contributed by atoms with Gasteiger partial charge in [-0.2, -0.15) is 5.10 Å². The number of rotatable bonds is 4. The number of H-pyrrole nitrogens is 1. The van der Waals surface area contributed by atoms with Crippen molar-refractivity contribution in [2.75, 3.05) is 5.32 Å². The Morgan fingerprint density at radius 2 is 1.96 bits per heavy atom. The number of thiazole rings is 1.